The Balaban J connectivity index is 1.79. The first kappa shape index (κ1) is 13.8. The minimum atomic E-state index is -0.849. The van der Waals surface area contributed by atoms with Crippen molar-refractivity contribution >= 4 is 11.6 Å². The molecule has 3 rings (SSSR count). The number of aryl methyl sites for hydroxylation is 2. The van der Waals surface area contributed by atoms with E-state index in [0.29, 0.717) is 18.5 Å². The Hall–Kier alpha value is -2.20. The van der Waals surface area contributed by atoms with Crippen LogP contribution in [0.3, 0.4) is 0 Å². The molecule has 2 aromatic rings. The van der Waals surface area contributed by atoms with E-state index in [0.717, 1.165) is 12.0 Å². The Kier molecular flexibility index (Phi) is 3.47. The van der Waals surface area contributed by atoms with Gasteiger partial charge in [-0.05, 0) is 48.9 Å². The van der Waals surface area contributed by atoms with Gasteiger partial charge in [-0.2, -0.15) is 0 Å². The van der Waals surface area contributed by atoms with Crippen molar-refractivity contribution in [2.24, 2.45) is 5.73 Å². The summed E-state index contributed by atoms with van der Waals surface area (Å²) in [4.78, 5) is 16.6. The minimum Gasteiger partial charge on any atom is -0.323 e. The molecule has 0 saturated carbocycles. The number of nitrogens with two attached hydrogens (primary N) is 1. The Bertz CT molecular complexity index is 683. The summed E-state index contributed by atoms with van der Waals surface area (Å²) in [7, 11) is 0. The number of amides is 1. The maximum absolute atomic E-state index is 12.5. The first-order valence-corrected chi connectivity index (χ1v) is 7.16. The van der Waals surface area contributed by atoms with Crippen molar-refractivity contribution in [2.45, 2.75) is 31.7 Å². The van der Waals surface area contributed by atoms with E-state index in [4.69, 9.17) is 5.73 Å². The van der Waals surface area contributed by atoms with E-state index in [9.17, 15) is 4.79 Å². The summed E-state index contributed by atoms with van der Waals surface area (Å²) in [5.74, 6) is -0.135. The van der Waals surface area contributed by atoms with Gasteiger partial charge in [-0.1, -0.05) is 24.3 Å². The molecule has 1 aliphatic rings. The Labute approximate surface area is 124 Å². The van der Waals surface area contributed by atoms with E-state index in [2.05, 4.69) is 22.4 Å². The Morgan fingerprint density at radius 2 is 2.05 bits per heavy atom. The fourth-order valence-electron chi connectivity index (χ4n) is 2.83. The van der Waals surface area contributed by atoms with Crippen LogP contribution in [0.1, 0.15) is 23.1 Å². The molecule has 1 aromatic heterocycles. The molecule has 0 bridgehead atoms. The molecule has 4 heteroatoms. The number of carbonyl (C=O) groups is 1. The van der Waals surface area contributed by atoms with Crippen molar-refractivity contribution in [1.29, 1.82) is 0 Å². The zero-order chi connectivity index (χ0) is 14.9. The van der Waals surface area contributed by atoms with E-state index in [1.807, 2.05) is 25.1 Å². The van der Waals surface area contributed by atoms with Crippen LogP contribution >= 0.6 is 0 Å². The highest BCUT2D eigenvalue weighted by atomic mass is 16.2. The van der Waals surface area contributed by atoms with Crippen LogP contribution in [0.2, 0.25) is 0 Å². The smallest absolute Gasteiger partial charge is 0.244 e. The average Bonchev–Trinajstić information content (AvgIpc) is 2.47. The van der Waals surface area contributed by atoms with Gasteiger partial charge >= 0.3 is 0 Å². The van der Waals surface area contributed by atoms with Crippen molar-refractivity contribution < 1.29 is 4.79 Å². The summed E-state index contributed by atoms with van der Waals surface area (Å²) in [5, 5.41) is 2.90. The van der Waals surface area contributed by atoms with Gasteiger partial charge in [0.2, 0.25) is 5.91 Å². The molecule has 0 fully saturated rings. The molecule has 1 amide bonds. The maximum Gasteiger partial charge on any atom is 0.244 e. The summed E-state index contributed by atoms with van der Waals surface area (Å²) in [5.41, 5.74) is 9.69. The third-order valence-corrected chi connectivity index (χ3v) is 4.05. The lowest BCUT2D eigenvalue weighted by atomic mass is 9.78. The monoisotopic (exact) mass is 281 g/mol. The number of benzene rings is 1. The fourth-order valence-corrected chi connectivity index (χ4v) is 2.83. The van der Waals surface area contributed by atoms with Crippen molar-refractivity contribution in [3.8, 4) is 0 Å². The number of nitrogens with zero attached hydrogens (tertiary/aromatic N) is 1. The van der Waals surface area contributed by atoms with E-state index in [1.165, 1.54) is 11.1 Å². The van der Waals surface area contributed by atoms with Crippen LogP contribution in [0.25, 0.3) is 0 Å². The van der Waals surface area contributed by atoms with Crippen LogP contribution in [0.15, 0.2) is 42.7 Å². The van der Waals surface area contributed by atoms with Crippen molar-refractivity contribution in [1.82, 2.24) is 4.98 Å². The van der Waals surface area contributed by atoms with Gasteiger partial charge < -0.3 is 11.1 Å². The van der Waals surface area contributed by atoms with Crippen molar-refractivity contribution in [3.05, 3.63) is 59.4 Å². The molecule has 1 aliphatic carbocycles. The minimum absolute atomic E-state index is 0.135. The molecule has 21 heavy (non-hydrogen) atoms. The van der Waals surface area contributed by atoms with Gasteiger partial charge in [-0.15, -0.1) is 0 Å². The quantitative estimate of drug-likeness (QED) is 0.887. The predicted molar refractivity (Wildman–Crippen MR) is 83.0 cm³/mol. The van der Waals surface area contributed by atoms with Crippen LogP contribution in [0, 0.1) is 6.92 Å². The molecule has 0 aliphatic heterocycles. The van der Waals surface area contributed by atoms with Gasteiger partial charge in [0.25, 0.3) is 0 Å². The average molecular weight is 281 g/mol. The van der Waals surface area contributed by atoms with Crippen molar-refractivity contribution in [2.75, 3.05) is 5.32 Å². The van der Waals surface area contributed by atoms with Gasteiger partial charge in [-0.3, -0.25) is 9.78 Å². The van der Waals surface area contributed by atoms with Gasteiger partial charge in [0.1, 0.15) is 5.54 Å². The number of hydrogen-bond donors (Lipinski definition) is 2. The first-order chi connectivity index (χ1) is 10.1. The first-order valence-electron chi connectivity index (χ1n) is 7.16. The second-order valence-electron chi connectivity index (χ2n) is 5.81. The number of hydrogen-bond acceptors (Lipinski definition) is 3. The standard InChI is InChI=1S/C17H19N3O/c1-12-8-15(11-19-10-12)20-16(21)17(18)7-6-13-4-2-3-5-14(13)9-17/h2-5,8,10-11H,6-7,9,18H2,1H3,(H,20,21). The maximum atomic E-state index is 12.5. The van der Waals surface area contributed by atoms with Crippen LogP contribution in [0.4, 0.5) is 5.69 Å². The van der Waals surface area contributed by atoms with Gasteiger partial charge in [-0.25, -0.2) is 0 Å². The van der Waals surface area contributed by atoms with Crippen LogP contribution in [0.5, 0.6) is 0 Å². The molecule has 1 aromatic carbocycles. The Morgan fingerprint density at radius 1 is 1.29 bits per heavy atom. The number of pyridine rings is 1. The highest BCUT2D eigenvalue weighted by Crippen LogP contribution is 2.28. The zero-order valence-electron chi connectivity index (χ0n) is 12.1. The lowest BCUT2D eigenvalue weighted by molar-refractivity contribution is -0.121. The van der Waals surface area contributed by atoms with E-state index >= 15 is 0 Å². The number of fused-ring (bicyclic) bond motifs is 1. The fraction of sp³-hybridized carbons (Fsp3) is 0.294. The number of aromatic nitrogens is 1. The third-order valence-electron chi connectivity index (χ3n) is 4.05. The van der Waals surface area contributed by atoms with Gasteiger partial charge in [0.05, 0.1) is 11.9 Å². The zero-order valence-corrected chi connectivity index (χ0v) is 12.1. The van der Waals surface area contributed by atoms with Gasteiger partial charge in [0.15, 0.2) is 0 Å². The number of rotatable bonds is 2. The summed E-state index contributed by atoms with van der Waals surface area (Å²) >= 11 is 0. The largest absolute Gasteiger partial charge is 0.323 e. The summed E-state index contributed by atoms with van der Waals surface area (Å²) in [6, 6.07) is 10.1. The summed E-state index contributed by atoms with van der Waals surface area (Å²) < 4.78 is 0. The molecule has 0 spiro atoms. The lowest BCUT2D eigenvalue weighted by Crippen LogP contribution is -2.54. The Morgan fingerprint density at radius 3 is 2.81 bits per heavy atom. The molecule has 0 saturated heterocycles. The number of anilines is 1. The molecule has 0 radical (unpaired) electrons. The molecular weight excluding hydrogens is 262 g/mol. The van der Waals surface area contributed by atoms with Crippen molar-refractivity contribution in [3.63, 3.8) is 0 Å². The van der Waals surface area contributed by atoms with E-state index < -0.39 is 5.54 Å². The molecule has 1 atom stereocenters. The van der Waals surface area contributed by atoms with Crippen LogP contribution in [-0.4, -0.2) is 16.4 Å². The highest BCUT2D eigenvalue weighted by Gasteiger charge is 2.37. The second-order valence-corrected chi connectivity index (χ2v) is 5.81. The third kappa shape index (κ3) is 2.81. The highest BCUT2D eigenvalue weighted by molar-refractivity contribution is 5.98. The molecule has 4 nitrogen and oxygen atoms in total. The normalized spacial score (nSPS) is 20.7. The van der Waals surface area contributed by atoms with E-state index in [1.54, 1.807) is 12.4 Å². The van der Waals surface area contributed by atoms with E-state index in [-0.39, 0.29) is 5.91 Å². The lowest BCUT2D eigenvalue weighted by Gasteiger charge is -2.33. The second kappa shape index (κ2) is 5.30. The number of nitrogens with one attached hydrogen (secondary N) is 1. The van der Waals surface area contributed by atoms with Crippen LogP contribution in [-0.2, 0) is 17.6 Å². The molecular formula is C17H19N3O. The number of carbonyl (C=O) groups excluding carboxylic acids is 1. The SMILES string of the molecule is Cc1cncc(NC(=O)C2(N)CCc3ccccc3C2)c1. The predicted octanol–water partition coefficient (Wildman–Crippen LogP) is 2.21. The topological polar surface area (TPSA) is 68.0 Å². The molecule has 1 heterocycles. The van der Waals surface area contributed by atoms with Crippen LogP contribution < -0.4 is 11.1 Å². The van der Waals surface area contributed by atoms with Gasteiger partial charge in [0, 0.05) is 6.20 Å². The summed E-state index contributed by atoms with van der Waals surface area (Å²) in [6.45, 7) is 1.94. The molecule has 3 N–H and O–H groups in total. The molecule has 1 unspecified atom stereocenters. The summed E-state index contributed by atoms with van der Waals surface area (Å²) in [6.07, 6.45) is 5.48. The molecule has 108 valence electrons.